The molecule has 1 saturated carbocycles. The Labute approximate surface area is 389 Å². The summed E-state index contributed by atoms with van der Waals surface area (Å²) in [6, 6.07) is 17.1. The Morgan fingerprint density at radius 3 is 2.52 bits per heavy atom. The molecule has 4 heterocycles. The molecule has 2 aromatic carbocycles. The fraction of sp³-hybridized carbons (Fsp3) is 0.500. The van der Waals surface area contributed by atoms with Crippen LogP contribution in [0.25, 0.3) is 33.3 Å². The summed E-state index contributed by atoms with van der Waals surface area (Å²) in [6.07, 6.45) is 7.56. The van der Waals surface area contributed by atoms with Gasteiger partial charge in [-0.1, -0.05) is 50.8 Å². The molecule has 1 aliphatic carbocycles. The van der Waals surface area contributed by atoms with Gasteiger partial charge >= 0.3 is 0 Å². The van der Waals surface area contributed by atoms with Crippen LogP contribution in [-0.4, -0.2) is 113 Å². The van der Waals surface area contributed by atoms with Gasteiger partial charge in [0.25, 0.3) is 12.4 Å². The predicted octanol–water partition coefficient (Wildman–Crippen LogP) is 6.65. The van der Waals surface area contributed by atoms with Crippen molar-refractivity contribution in [2.24, 2.45) is 17.3 Å². The van der Waals surface area contributed by atoms with Gasteiger partial charge in [-0.15, -0.1) is 0 Å². The van der Waals surface area contributed by atoms with Crippen LogP contribution >= 0.6 is 0 Å². The average Bonchev–Trinajstić information content (AvgIpc) is 3.94. The summed E-state index contributed by atoms with van der Waals surface area (Å²) in [7, 11) is 3.36. The third kappa shape index (κ3) is 10.5. The second kappa shape index (κ2) is 20.8. The number of hydrogen-bond donors (Lipinski definition) is 2. The molecule has 14 nitrogen and oxygen atoms in total. The number of carbonyl (C=O) groups is 5. The highest BCUT2D eigenvalue weighted by atomic mass is 16.5. The molecule has 14 heteroatoms. The van der Waals surface area contributed by atoms with E-state index in [1.165, 1.54) is 6.08 Å². The highest BCUT2D eigenvalue weighted by Gasteiger charge is 2.44. The third-order valence-corrected chi connectivity index (χ3v) is 13.6. The minimum absolute atomic E-state index is 0.0161. The second-order valence-electron chi connectivity index (χ2n) is 19.2. The largest absolute Gasteiger partial charge is 0.467 e. The molecule has 2 aromatic heterocycles. The topological polar surface area (TPSA) is 155 Å². The normalized spacial score (nSPS) is 19.0. The number of likely N-dealkylation sites (tertiary alicyclic amines) is 1. The molecule has 66 heavy (non-hydrogen) atoms. The van der Waals surface area contributed by atoms with Crippen molar-refractivity contribution >= 4 is 41.0 Å². The number of ether oxygens (including phenoxy) is 2. The van der Waals surface area contributed by atoms with Crippen LogP contribution < -0.4 is 10.7 Å². The first kappa shape index (κ1) is 48.1. The molecule has 3 unspecified atom stereocenters. The number of nitrogens with zero attached hydrogens (tertiary/aromatic N) is 5. The maximum Gasteiger partial charge on any atom is 0.293 e. The summed E-state index contributed by atoms with van der Waals surface area (Å²) < 4.78 is 13.5. The van der Waals surface area contributed by atoms with Crippen molar-refractivity contribution in [3.8, 4) is 22.4 Å². The number of carbonyl (C=O) groups excluding carboxylic acids is 5. The van der Waals surface area contributed by atoms with E-state index >= 15 is 0 Å². The van der Waals surface area contributed by atoms with Crippen LogP contribution in [0.1, 0.15) is 89.6 Å². The van der Waals surface area contributed by atoms with E-state index in [-0.39, 0.29) is 61.3 Å². The molecule has 3 aliphatic rings. The molecule has 4 amide bonds. The van der Waals surface area contributed by atoms with Crippen LogP contribution in [0.4, 0.5) is 0 Å². The van der Waals surface area contributed by atoms with Crippen LogP contribution in [0.2, 0.25) is 0 Å². The van der Waals surface area contributed by atoms with E-state index in [0.717, 1.165) is 75.8 Å². The van der Waals surface area contributed by atoms with Crippen LogP contribution in [0, 0.1) is 17.3 Å². The number of likely N-dealkylation sites (N-methyl/N-ethyl adjacent to an activating group) is 1. The van der Waals surface area contributed by atoms with Crippen molar-refractivity contribution in [1.29, 1.82) is 0 Å². The van der Waals surface area contributed by atoms with Gasteiger partial charge in [0.2, 0.25) is 17.7 Å². The van der Waals surface area contributed by atoms with E-state index in [4.69, 9.17) is 14.5 Å². The van der Waals surface area contributed by atoms with E-state index in [0.29, 0.717) is 38.9 Å². The zero-order valence-electron chi connectivity index (χ0n) is 39.7. The van der Waals surface area contributed by atoms with Crippen LogP contribution in [0.5, 0.6) is 0 Å². The van der Waals surface area contributed by atoms with Crippen molar-refractivity contribution in [3.63, 3.8) is 0 Å². The molecule has 352 valence electrons. The zero-order valence-corrected chi connectivity index (χ0v) is 39.7. The maximum atomic E-state index is 14.5. The fourth-order valence-electron chi connectivity index (χ4n) is 9.98. The zero-order chi connectivity index (χ0) is 47.3. The van der Waals surface area contributed by atoms with Crippen molar-refractivity contribution < 1.29 is 33.4 Å². The van der Waals surface area contributed by atoms with Crippen LogP contribution in [0.15, 0.2) is 73.4 Å². The number of hydrazine groups is 1. The van der Waals surface area contributed by atoms with E-state index in [2.05, 4.69) is 79.1 Å². The molecular weight excluding hydrogens is 835 g/mol. The van der Waals surface area contributed by atoms with Gasteiger partial charge in [-0.25, -0.2) is 5.43 Å². The van der Waals surface area contributed by atoms with Gasteiger partial charge in [0.15, 0.2) is 0 Å². The molecule has 5 atom stereocenters. The number of rotatable bonds is 19. The Kier molecular flexibility index (Phi) is 15.1. The molecule has 4 aromatic rings. The lowest BCUT2D eigenvalue weighted by atomic mass is 9.84. The molecule has 0 bridgehead atoms. The summed E-state index contributed by atoms with van der Waals surface area (Å²) >= 11 is 0. The standard InChI is InChI=1S/C52H67N7O7/c1-9-45(61)57-25-22-39(30-57)50(63)56(7)47(36-18-19-36)49(62)54-43(51(64)59-24-13-14-33(3)55-59)27-35-15-11-16-37(26-35)38-20-21-44-41(28-38)42(29-52(5,6)31-66-32-60)48(58(44)10-2)40-17-12-23-53-46(40)34(4)65-8/h9,11-12,15-17,20-21,23,26,28,32-34,36,39,43,47,55H,1,10,13-14,18-19,22,24-25,27,29-31H2,2-8H3,(H,54,62)/t33-,34?,39+,43?,47?/m1/s1. The molecule has 0 spiro atoms. The number of fused-ring (bicyclic) bond motifs is 1. The molecule has 0 radical (unpaired) electrons. The summed E-state index contributed by atoms with van der Waals surface area (Å²) in [6.45, 7) is 16.7. The number of pyridine rings is 1. The molecule has 3 fully saturated rings. The number of methoxy groups -OCH3 is 1. The number of amides is 4. The molecule has 2 saturated heterocycles. The Morgan fingerprint density at radius 2 is 1.82 bits per heavy atom. The minimum Gasteiger partial charge on any atom is -0.467 e. The van der Waals surface area contributed by atoms with Crippen molar-refractivity contribution in [1.82, 2.24) is 35.1 Å². The van der Waals surface area contributed by atoms with Gasteiger partial charge in [-0.05, 0) is 118 Å². The smallest absolute Gasteiger partial charge is 0.293 e. The minimum atomic E-state index is -0.906. The summed E-state index contributed by atoms with van der Waals surface area (Å²) in [5.74, 6) is -1.38. The lowest BCUT2D eigenvalue weighted by molar-refractivity contribution is -0.145. The van der Waals surface area contributed by atoms with E-state index in [1.54, 1.807) is 35.2 Å². The Morgan fingerprint density at radius 1 is 1.05 bits per heavy atom. The van der Waals surface area contributed by atoms with Gasteiger partial charge in [-0.2, -0.15) is 0 Å². The fourth-order valence-corrected chi connectivity index (χ4v) is 9.98. The van der Waals surface area contributed by atoms with E-state index in [9.17, 15) is 24.0 Å². The molecule has 2 N–H and O–H groups in total. The quantitative estimate of drug-likeness (QED) is 0.0778. The first-order valence-corrected chi connectivity index (χ1v) is 23.5. The summed E-state index contributed by atoms with van der Waals surface area (Å²) in [4.78, 5) is 74.5. The van der Waals surface area contributed by atoms with Crippen LogP contribution in [0.3, 0.4) is 0 Å². The number of nitrogens with one attached hydrogen (secondary N) is 2. The lowest BCUT2D eigenvalue weighted by Crippen LogP contribution is -2.60. The first-order valence-electron chi connectivity index (χ1n) is 23.5. The molecule has 2 aliphatic heterocycles. The number of aryl methyl sites for hydroxylation is 1. The van der Waals surface area contributed by atoms with Crippen LogP contribution in [-0.2, 0) is 52.8 Å². The highest BCUT2D eigenvalue weighted by Crippen LogP contribution is 2.42. The summed E-state index contributed by atoms with van der Waals surface area (Å²) in [5.41, 5.74) is 10.8. The van der Waals surface area contributed by atoms with E-state index < -0.39 is 23.4 Å². The van der Waals surface area contributed by atoms with Gasteiger partial charge < -0.3 is 29.2 Å². The highest BCUT2D eigenvalue weighted by molar-refractivity contribution is 5.96. The molecular formula is C52H67N7O7. The number of benzene rings is 2. The monoisotopic (exact) mass is 902 g/mol. The maximum absolute atomic E-state index is 14.5. The SMILES string of the molecule is C=CC(=O)N1CC[C@H](C(=O)N(C)C(C(=O)NC(Cc2cccc(-c3ccc4c(c3)c(CC(C)(C)COC=O)c(-c3cccnc3C(C)OC)n4CC)c2)C(=O)N2CCC[C@@H](C)N2)C2CC2)C1. The van der Waals surface area contributed by atoms with Crippen molar-refractivity contribution in [2.45, 2.75) is 110 Å². The Balaban J connectivity index is 1.22. The Hall–Kier alpha value is -5.86. The predicted molar refractivity (Wildman–Crippen MR) is 255 cm³/mol. The second-order valence-corrected chi connectivity index (χ2v) is 19.2. The van der Waals surface area contributed by atoms with Crippen molar-refractivity contribution in [2.75, 3.05) is 40.4 Å². The van der Waals surface area contributed by atoms with Crippen molar-refractivity contribution in [3.05, 3.63) is 90.3 Å². The van der Waals surface area contributed by atoms with Gasteiger partial charge in [0.05, 0.1) is 30.0 Å². The van der Waals surface area contributed by atoms with E-state index in [1.807, 2.05) is 32.0 Å². The number of aromatic nitrogens is 2. The lowest BCUT2D eigenvalue weighted by Gasteiger charge is -2.36. The number of hydrogen-bond acceptors (Lipinski definition) is 9. The van der Waals surface area contributed by atoms with Gasteiger partial charge in [-0.3, -0.25) is 34.0 Å². The Bertz CT molecular complexity index is 2440. The van der Waals surface area contributed by atoms with Gasteiger partial charge in [0, 0.05) is 80.9 Å². The first-order chi connectivity index (χ1) is 31.7. The summed E-state index contributed by atoms with van der Waals surface area (Å²) in [5, 5.41) is 5.86. The molecule has 7 rings (SSSR count). The van der Waals surface area contributed by atoms with Gasteiger partial charge in [0.1, 0.15) is 12.1 Å². The average molecular weight is 902 g/mol. The third-order valence-electron chi connectivity index (χ3n) is 13.6.